The average Bonchev–Trinajstić information content (AvgIpc) is 2.52. The minimum atomic E-state index is 0.206. The van der Waals surface area contributed by atoms with Gasteiger partial charge in [0, 0.05) is 18.8 Å². The Balaban J connectivity index is 1.76. The number of benzene rings is 1. The monoisotopic (exact) mass is 272 g/mol. The Morgan fingerprint density at radius 1 is 1.10 bits per heavy atom. The van der Waals surface area contributed by atoms with Gasteiger partial charge in [-0.1, -0.05) is 18.2 Å². The highest BCUT2D eigenvalue weighted by molar-refractivity contribution is 5.39. The molecule has 0 saturated heterocycles. The second-order valence-electron chi connectivity index (χ2n) is 4.43. The molecule has 0 saturated carbocycles. The number of rotatable bonds is 7. The number of hydrogen-bond acceptors (Lipinski definition) is 4. The summed E-state index contributed by atoms with van der Waals surface area (Å²) in [7, 11) is 1.64. The maximum absolute atomic E-state index is 5.71. The Labute approximate surface area is 119 Å². The van der Waals surface area contributed by atoms with Crippen molar-refractivity contribution in [3.63, 3.8) is 0 Å². The van der Waals surface area contributed by atoms with E-state index in [0.29, 0.717) is 6.61 Å². The number of methoxy groups -OCH3 is 1. The van der Waals surface area contributed by atoms with E-state index in [1.54, 1.807) is 13.3 Å². The molecule has 0 spiro atoms. The van der Waals surface area contributed by atoms with E-state index < -0.39 is 0 Å². The van der Waals surface area contributed by atoms with E-state index in [0.717, 1.165) is 23.7 Å². The van der Waals surface area contributed by atoms with Crippen LogP contribution in [0.15, 0.2) is 48.7 Å². The molecule has 2 rings (SSSR count). The van der Waals surface area contributed by atoms with Gasteiger partial charge in [0.15, 0.2) is 11.5 Å². The zero-order valence-electron chi connectivity index (χ0n) is 11.9. The van der Waals surface area contributed by atoms with Gasteiger partial charge in [-0.2, -0.15) is 0 Å². The van der Waals surface area contributed by atoms with Gasteiger partial charge in [-0.05, 0) is 31.2 Å². The zero-order valence-corrected chi connectivity index (χ0v) is 11.9. The number of ether oxygens (including phenoxy) is 2. The van der Waals surface area contributed by atoms with Gasteiger partial charge in [0.2, 0.25) is 0 Å². The third-order valence-electron chi connectivity index (χ3n) is 3.01. The summed E-state index contributed by atoms with van der Waals surface area (Å²) in [6, 6.07) is 13.8. The lowest BCUT2D eigenvalue weighted by atomic mass is 10.2. The molecule has 0 bridgehead atoms. The van der Waals surface area contributed by atoms with Crippen molar-refractivity contribution in [3.8, 4) is 11.5 Å². The number of pyridine rings is 1. The lowest BCUT2D eigenvalue weighted by Gasteiger charge is -2.14. The second kappa shape index (κ2) is 7.50. The number of para-hydroxylation sites is 2. The van der Waals surface area contributed by atoms with Crippen LogP contribution in [0.25, 0.3) is 0 Å². The van der Waals surface area contributed by atoms with Crippen LogP contribution in [0.2, 0.25) is 0 Å². The maximum atomic E-state index is 5.71. The Kier molecular flexibility index (Phi) is 5.38. The highest BCUT2D eigenvalue weighted by Gasteiger charge is 2.06. The summed E-state index contributed by atoms with van der Waals surface area (Å²) in [5.74, 6) is 1.52. The SMILES string of the molecule is COc1ccccc1OCCNC(C)c1ccccn1. The first-order valence-electron chi connectivity index (χ1n) is 6.71. The Morgan fingerprint density at radius 2 is 1.85 bits per heavy atom. The number of nitrogens with zero attached hydrogens (tertiary/aromatic N) is 1. The first-order chi connectivity index (χ1) is 9.81. The van der Waals surface area contributed by atoms with Crippen molar-refractivity contribution in [3.05, 3.63) is 54.4 Å². The molecule has 1 aromatic carbocycles. The summed E-state index contributed by atoms with van der Waals surface area (Å²) in [4.78, 5) is 4.32. The predicted molar refractivity (Wildman–Crippen MR) is 79.1 cm³/mol. The average molecular weight is 272 g/mol. The van der Waals surface area contributed by atoms with Gasteiger partial charge in [0.1, 0.15) is 6.61 Å². The van der Waals surface area contributed by atoms with E-state index in [9.17, 15) is 0 Å². The molecule has 0 aliphatic rings. The molecule has 1 heterocycles. The van der Waals surface area contributed by atoms with Crippen LogP contribution in [0.3, 0.4) is 0 Å². The van der Waals surface area contributed by atoms with E-state index >= 15 is 0 Å². The molecule has 0 aliphatic carbocycles. The summed E-state index contributed by atoms with van der Waals surface area (Å²) in [5, 5.41) is 3.38. The van der Waals surface area contributed by atoms with Crippen LogP contribution in [0.4, 0.5) is 0 Å². The summed E-state index contributed by atoms with van der Waals surface area (Å²) < 4.78 is 10.9. The van der Waals surface area contributed by atoms with Crippen molar-refractivity contribution in [2.75, 3.05) is 20.3 Å². The molecule has 4 heteroatoms. The fourth-order valence-corrected chi connectivity index (χ4v) is 1.91. The normalized spacial score (nSPS) is 11.9. The summed E-state index contributed by atoms with van der Waals surface area (Å²) in [6.45, 7) is 3.42. The third-order valence-corrected chi connectivity index (χ3v) is 3.01. The van der Waals surface area contributed by atoms with Crippen molar-refractivity contribution in [1.29, 1.82) is 0 Å². The largest absolute Gasteiger partial charge is 0.493 e. The predicted octanol–water partition coefficient (Wildman–Crippen LogP) is 2.82. The zero-order chi connectivity index (χ0) is 14.2. The van der Waals surface area contributed by atoms with E-state index in [1.807, 2.05) is 42.5 Å². The molecule has 106 valence electrons. The molecule has 20 heavy (non-hydrogen) atoms. The minimum Gasteiger partial charge on any atom is -0.493 e. The Bertz CT molecular complexity index is 517. The number of hydrogen-bond donors (Lipinski definition) is 1. The Morgan fingerprint density at radius 3 is 2.55 bits per heavy atom. The molecule has 4 nitrogen and oxygen atoms in total. The van der Waals surface area contributed by atoms with Crippen LogP contribution < -0.4 is 14.8 Å². The van der Waals surface area contributed by atoms with Crippen molar-refractivity contribution in [2.24, 2.45) is 0 Å². The lowest BCUT2D eigenvalue weighted by molar-refractivity contribution is 0.287. The maximum Gasteiger partial charge on any atom is 0.161 e. The van der Waals surface area contributed by atoms with E-state index in [1.165, 1.54) is 0 Å². The van der Waals surface area contributed by atoms with Gasteiger partial charge < -0.3 is 14.8 Å². The fraction of sp³-hybridized carbons (Fsp3) is 0.312. The summed E-state index contributed by atoms with van der Waals surface area (Å²) in [6.07, 6.45) is 1.80. The van der Waals surface area contributed by atoms with E-state index in [2.05, 4.69) is 17.2 Å². The van der Waals surface area contributed by atoms with Gasteiger partial charge in [-0.3, -0.25) is 4.98 Å². The summed E-state index contributed by atoms with van der Waals surface area (Å²) in [5.41, 5.74) is 1.03. The van der Waals surface area contributed by atoms with Gasteiger partial charge in [-0.15, -0.1) is 0 Å². The molecule has 1 atom stereocenters. The quantitative estimate of drug-likeness (QED) is 0.787. The van der Waals surface area contributed by atoms with Crippen molar-refractivity contribution in [1.82, 2.24) is 10.3 Å². The molecule has 0 fully saturated rings. The molecule has 0 radical (unpaired) electrons. The second-order valence-corrected chi connectivity index (χ2v) is 4.43. The van der Waals surface area contributed by atoms with Gasteiger partial charge >= 0.3 is 0 Å². The minimum absolute atomic E-state index is 0.206. The van der Waals surface area contributed by atoms with Crippen LogP contribution in [0.5, 0.6) is 11.5 Å². The molecular formula is C16H20N2O2. The van der Waals surface area contributed by atoms with Crippen LogP contribution in [-0.4, -0.2) is 25.2 Å². The first kappa shape index (κ1) is 14.3. The van der Waals surface area contributed by atoms with Crippen LogP contribution >= 0.6 is 0 Å². The van der Waals surface area contributed by atoms with Crippen molar-refractivity contribution in [2.45, 2.75) is 13.0 Å². The third kappa shape index (κ3) is 3.96. The number of aromatic nitrogens is 1. The van der Waals surface area contributed by atoms with Crippen molar-refractivity contribution < 1.29 is 9.47 Å². The van der Waals surface area contributed by atoms with Gasteiger partial charge in [-0.25, -0.2) is 0 Å². The van der Waals surface area contributed by atoms with Crippen LogP contribution in [0.1, 0.15) is 18.7 Å². The topological polar surface area (TPSA) is 43.4 Å². The van der Waals surface area contributed by atoms with Gasteiger partial charge in [0.05, 0.1) is 12.8 Å². The van der Waals surface area contributed by atoms with Crippen LogP contribution in [-0.2, 0) is 0 Å². The standard InChI is InChI=1S/C16H20N2O2/c1-13(14-7-5-6-10-18-14)17-11-12-20-16-9-4-3-8-15(16)19-2/h3-10,13,17H,11-12H2,1-2H3. The Hall–Kier alpha value is -2.07. The highest BCUT2D eigenvalue weighted by atomic mass is 16.5. The highest BCUT2D eigenvalue weighted by Crippen LogP contribution is 2.25. The molecule has 1 unspecified atom stereocenters. The molecular weight excluding hydrogens is 252 g/mol. The first-order valence-corrected chi connectivity index (χ1v) is 6.71. The van der Waals surface area contributed by atoms with E-state index in [-0.39, 0.29) is 6.04 Å². The van der Waals surface area contributed by atoms with Gasteiger partial charge in [0.25, 0.3) is 0 Å². The molecule has 2 aromatic rings. The van der Waals surface area contributed by atoms with Crippen molar-refractivity contribution >= 4 is 0 Å². The number of nitrogens with one attached hydrogen (secondary N) is 1. The van der Waals surface area contributed by atoms with E-state index in [4.69, 9.17) is 9.47 Å². The lowest BCUT2D eigenvalue weighted by Crippen LogP contribution is -2.24. The smallest absolute Gasteiger partial charge is 0.161 e. The fourth-order valence-electron chi connectivity index (χ4n) is 1.91. The molecule has 0 amide bonds. The molecule has 0 aliphatic heterocycles. The van der Waals surface area contributed by atoms with Crippen LogP contribution in [0, 0.1) is 0 Å². The molecule has 1 N–H and O–H groups in total. The molecule has 1 aromatic heterocycles. The summed E-state index contributed by atoms with van der Waals surface area (Å²) >= 11 is 0.